The zero-order valence-corrected chi connectivity index (χ0v) is 19.1. The third-order valence-corrected chi connectivity index (χ3v) is 5.80. The molecule has 0 bridgehead atoms. The van der Waals surface area contributed by atoms with Gasteiger partial charge in [0.05, 0.1) is 11.6 Å². The van der Waals surface area contributed by atoms with Crippen molar-refractivity contribution in [3.8, 4) is 5.82 Å². The summed E-state index contributed by atoms with van der Waals surface area (Å²) in [6, 6.07) is 0.882. The molecule has 4 rings (SSSR count). The Bertz CT molecular complexity index is 1420. The average molecular weight is 509 g/mol. The number of carbonyl (C=O) groups is 2. The predicted molar refractivity (Wildman–Crippen MR) is 119 cm³/mol. The summed E-state index contributed by atoms with van der Waals surface area (Å²) in [5, 5.41) is 1.53. The number of halogens is 5. The van der Waals surface area contributed by atoms with Crippen LogP contribution in [0.2, 0.25) is 0 Å². The largest absolute Gasteiger partial charge is 0.408 e. The fraction of sp³-hybridized carbons (Fsp3) is 0.348. The van der Waals surface area contributed by atoms with E-state index in [9.17, 15) is 36.3 Å². The molecule has 0 radical (unpaired) electrons. The minimum atomic E-state index is -4.76. The second-order valence-electron chi connectivity index (χ2n) is 8.53. The van der Waals surface area contributed by atoms with Gasteiger partial charge in [-0.1, -0.05) is 13.8 Å². The lowest BCUT2D eigenvalue weighted by Gasteiger charge is -2.21. The molecule has 2 atom stereocenters. The van der Waals surface area contributed by atoms with Crippen LogP contribution >= 0.6 is 0 Å². The van der Waals surface area contributed by atoms with Gasteiger partial charge in [0.1, 0.15) is 23.2 Å². The van der Waals surface area contributed by atoms with Crippen LogP contribution in [0.4, 0.5) is 27.8 Å². The van der Waals surface area contributed by atoms with Gasteiger partial charge in [-0.25, -0.2) is 18.7 Å². The van der Waals surface area contributed by atoms with E-state index in [0.29, 0.717) is 18.8 Å². The third kappa shape index (κ3) is 4.64. The summed E-state index contributed by atoms with van der Waals surface area (Å²) < 4.78 is 68.7. The predicted octanol–water partition coefficient (Wildman–Crippen LogP) is 3.50. The molecule has 3 aromatic heterocycles. The first-order chi connectivity index (χ1) is 16.9. The van der Waals surface area contributed by atoms with E-state index < -0.39 is 53.0 Å². The maximum atomic E-state index is 14.7. The van der Waals surface area contributed by atoms with Gasteiger partial charge in [0.2, 0.25) is 11.3 Å². The van der Waals surface area contributed by atoms with E-state index in [2.05, 4.69) is 9.97 Å². The molecule has 190 valence electrons. The molecular formula is C23H20F5N5O3. The van der Waals surface area contributed by atoms with Gasteiger partial charge in [-0.05, 0) is 24.5 Å². The van der Waals surface area contributed by atoms with Gasteiger partial charge in [-0.15, -0.1) is 0 Å². The summed E-state index contributed by atoms with van der Waals surface area (Å²) in [4.78, 5) is 47.6. The van der Waals surface area contributed by atoms with Gasteiger partial charge in [0.15, 0.2) is 17.3 Å². The highest BCUT2D eigenvalue weighted by atomic mass is 19.4. The van der Waals surface area contributed by atoms with Crippen molar-refractivity contribution in [2.75, 3.05) is 11.4 Å². The monoisotopic (exact) mass is 509 g/mol. The Kier molecular flexibility index (Phi) is 6.50. The fourth-order valence-electron chi connectivity index (χ4n) is 4.01. The van der Waals surface area contributed by atoms with Crippen LogP contribution in [0, 0.1) is 17.6 Å². The molecule has 0 spiro atoms. The average Bonchev–Trinajstić information content (AvgIpc) is 3.14. The van der Waals surface area contributed by atoms with Crippen molar-refractivity contribution in [2.45, 2.75) is 38.9 Å². The Morgan fingerprint density at radius 3 is 2.56 bits per heavy atom. The molecule has 2 unspecified atom stereocenters. The van der Waals surface area contributed by atoms with Crippen LogP contribution in [-0.4, -0.2) is 45.1 Å². The molecule has 1 aliphatic heterocycles. The molecule has 1 aliphatic rings. The number of nitrogens with one attached hydrogen (secondary N) is 1. The first-order valence-electron chi connectivity index (χ1n) is 11.0. The minimum Gasteiger partial charge on any atom is -0.340 e. The molecule has 4 heterocycles. The molecule has 0 saturated carbocycles. The van der Waals surface area contributed by atoms with Gasteiger partial charge in [0, 0.05) is 25.2 Å². The number of alkyl halides is 3. The number of aromatic nitrogens is 3. The van der Waals surface area contributed by atoms with Crippen LogP contribution in [0.3, 0.4) is 0 Å². The molecule has 1 saturated heterocycles. The van der Waals surface area contributed by atoms with Gasteiger partial charge < -0.3 is 5.32 Å². The van der Waals surface area contributed by atoms with Crippen LogP contribution < -0.4 is 15.6 Å². The summed E-state index contributed by atoms with van der Waals surface area (Å²) in [6.45, 7) is 3.42. The highest BCUT2D eigenvalue weighted by molar-refractivity contribution is 5.98. The SMILES string of the molecule is CCC(NC(=O)c1cn(-c2ncc(F)cc2F)c2nc(N3CC(C)CC3=O)ccc2c1=O)C(F)(F)F. The van der Waals surface area contributed by atoms with E-state index in [-0.39, 0.29) is 35.1 Å². The third-order valence-electron chi connectivity index (χ3n) is 5.80. The van der Waals surface area contributed by atoms with Crippen LogP contribution in [-0.2, 0) is 4.79 Å². The molecule has 13 heteroatoms. The fourth-order valence-corrected chi connectivity index (χ4v) is 4.01. The number of fused-ring (bicyclic) bond motifs is 1. The van der Waals surface area contributed by atoms with E-state index >= 15 is 0 Å². The Balaban J connectivity index is 1.92. The highest BCUT2D eigenvalue weighted by Crippen LogP contribution is 2.27. The van der Waals surface area contributed by atoms with Crippen LogP contribution in [0.15, 0.2) is 35.4 Å². The molecule has 1 fully saturated rings. The van der Waals surface area contributed by atoms with Gasteiger partial charge in [-0.2, -0.15) is 13.2 Å². The van der Waals surface area contributed by atoms with Crippen molar-refractivity contribution in [1.29, 1.82) is 0 Å². The quantitative estimate of drug-likeness (QED) is 0.531. The second-order valence-corrected chi connectivity index (χ2v) is 8.53. The lowest BCUT2D eigenvalue weighted by molar-refractivity contribution is -0.153. The van der Waals surface area contributed by atoms with E-state index in [1.165, 1.54) is 24.0 Å². The minimum absolute atomic E-state index is 0.0413. The molecule has 8 nitrogen and oxygen atoms in total. The smallest absolute Gasteiger partial charge is 0.340 e. The van der Waals surface area contributed by atoms with Crippen molar-refractivity contribution < 1.29 is 31.5 Å². The number of carbonyl (C=O) groups excluding carboxylic acids is 2. The molecule has 36 heavy (non-hydrogen) atoms. The highest BCUT2D eigenvalue weighted by Gasteiger charge is 2.40. The van der Waals surface area contributed by atoms with Crippen LogP contribution in [0.5, 0.6) is 0 Å². The second kappa shape index (κ2) is 9.28. The first kappa shape index (κ1) is 25.2. The molecule has 3 aromatic rings. The Morgan fingerprint density at radius 2 is 1.97 bits per heavy atom. The zero-order valence-electron chi connectivity index (χ0n) is 19.1. The van der Waals surface area contributed by atoms with E-state index in [4.69, 9.17) is 0 Å². The van der Waals surface area contributed by atoms with Crippen molar-refractivity contribution >= 4 is 28.7 Å². The number of pyridine rings is 3. The summed E-state index contributed by atoms with van der Waals surface area (Å²) in [7, 11) is 0. The number of amides is 2. The number of anilines is 1. The summed E-state index contributed by atoms with van der Waals surface area (Å²) in [5.41, 5.74) is -1.91. The van der Waals surface area contributed by atoms with Gasteiger partial charge >= 0.3 is 6.18 Å². The van der Waals surface area contributed by atoms with Gasteiger partial charge in [-0.3, -0.25) is 23.9 Å². The number of hydrogen-bond donors (Lipinski definition) is 1. The molecule has 1 N–H and O–H groups in total. The lowest BCUT2D eigenvalue weighted by Crippen LogP contribution is -2.46. The van der Waals surface area contributed by atoms with Gasteiger partial charge in [0.25, 0.3) is 5.91 Å². The first-order valence-corrected chi connectivity index (χ1v) is 11.0. The van der Waals surface area contributed by atoms with Crippen molar-refractivity contribution in [1.82, 2.24) is 19.9 Å². The summed E-state index contributed by atoms with van der Waals surface area (Å²) in [5.74, 6) is -4.10. The maximum Gasteiger partial charge on any atom is 0.408 e. The summed E-state index contributed by atoms with van der Waals surface area (Å²) >= 11 is 0. The van der Waals surface area contributed by atoms with E-state index in [0.717, 1.165) is 10.8 Å². The number of rotatable bonds is 5. The molecule has 0 aromatic carbocycles. The van der Waals surface area contributed by atoms with Crippen molar-refractivity contribution in [3.63, 3.8) is 0 Å². The van der Waals surface area contributed by atoms with E-state index in [1.54, 1.807) is 5.32 Å². The Labute approximate surface area is 200 Å². The van der Waals surface area contributed by atoms with Crippen LogP contribution in [0.1, 0.15) is 37.0 Å². The molecule has 2 amide bonds. The number of nitrogens with zero attached hydrogens (tertiary/aromatic N) is 4. The molecule has 0 aliphatic carbocycles. The number of hydrogen-bond acceptors (Lipinski definition) is 5. The zero-order chi connectivity index (χ0) is 26.4. The maximum absolute atomic E-state index is 14.7. The standard InChI is InChI=1S/C23H20F5N5O3/c1-3-16(23(26,27)28)30-22(36)14-10-33(21-15(25)7-12(24)8-29-21)20-13(19(14)35)4-5-17(31-20)32-9-11(2)6-18(32)34/h4-5,7-8,10-11,16H,3,6,9H2,1-2H3,(H,30,36). The topological polar surface area (TPSA) is 97.2 Å². The normalized spacial score (nSPS) is 17.0. The van der Waals surface area contributed by atoms with Crippen molar-refractivity contribution in [2.24, 2.45) is 5.92 Å². The summed E-state index contributed by atoms with van der Waals surface area (Å²) in [6.07, 6.45) is -3.48. The van der Waals surface area contributed by atoms with E-state index in [1.807, 2.05) is 6.92 Å². The lowest BCUT2D eigenvalue weighted by atomic mass is 10.1. The van der Waals surface area contributed by atoms with Crippen LogP contribution in [0.25, 0.3) is 16.9 Å². The van der Waals surface area contributed by atoms with Crippen molar-refractivity contribution in [3.05, 3.63) is 58.0 Å². The Morgan fingerprint density at radius 1 is 1.25 bits per heavy atom. The molecular weight excluding hydrogens is 489 g/mol. The Hall–Kier alpha value is -3.90.